The molecule has 0 aliphatic carbocycles. The van der Waals surface area contributed by atoms with Gasteiger partial charge in [-0.2, -0.15) is 0 Å². The van der Waals surface area contributed by atoms with Gasteiger partial charge in [-0.3, -0.25) is 0 Å². The molecule has 0 saturated heterocycles. The van der Waals surface area contributed by atoms with Crippen molar-refractivity contribution in [1.82, 2.24) is 19.8 Å². The van der Waals surface area contributed by atoms with Gasteiger partial charge >= 0.3 is 0 Å². The Kier molecular flexibility index (Phi) is 11.1. The number of sulfonamides is 1. The molecule has 9 heteroatoms. The fraction of sp³-hybridized carbons (Fsp3) is 0.632. The summed E-state index contributed by atoms with van der Waals surface area (Å²) in [5.41, 5.74) is 0.671. The summed E-state index contributed by atoms with van der Waals surface area (Å²) in [5, 5.41) is 6.50. The Morgan fingerprint density at radius 2 is 1.86 bits per heavy atom. The van der Waals surface area contributed by atoms with Crippen LogP contribution in [-0.4, -0.2) is 84.6 Å². The normalized spacial score (nSPS) is 12.6. The molecule has 8 nitrogen and oxygen atoms in total. The van der Waals surface area contributed by atoms with E-state index >= 15 is 0 Å². The third-order valence-corrected chi connectivity index (χ3v) is 6.07. The van der Waals surface area contributed by atoms with Crippen LogP contribution in [0.1, 0.15) is 18.9 Å². The maximum Gasteiger partial charge on any atom is 0.242 e. The molecule has 0 aliphatic heterocycles. The second kappa shape index (κ2) is 12.7. The molecule has 0 saturated carbocycles. The number of methoxy groups -OCH3 is 1. The predicted octanol–water partition coefficient (Wildman–Crippen LogP) is 0.960. The Morgan fingerprint density at radius 1 is 1.14 bits per heavy atom. The summed E-state index contributed by atoms with van der Waals surface area (Å²) in [4.78, 5) is 7.08. The first-order chi connectivity index (χ1) is 13.3. The van der Waals surface area contributed by atoms with E-state index in [-0.39, 0.29) is 11.4 Å². The second-order valence-corrected chi connectivity index (χ2v) is 8.79. The minimum absolute atomic E-state index is 0.280. The van der Waals surface area contributed by atoms with E-state index in [1.165, 1.54) is 18.4 Å². The summed E-state index contributed by atoms with van der Waals surface area (Å²) in [5.74, 6) is 0.671. The number of hydrogen-bond acceptors (Lipinski definition) is 5. The van der Waals surface area contributed by atoms with Crippen molar-refractivity contribution in [3.63, 3.8) is 0 Å². The first kappa shape index (κ1) is 24.4. The Morgan fingerprint density at radius 3 is 2.50 bits per heavy atom. The summed E-state index contributed by atoms with van der Waals surface area (Å²) in [7, 11) is 3.35. The van der Waals surface area contributed by atoms with Crippen LogP contribution >= 0.6 is 0 Å². The molecule has 0 unspecified atom stereocenters. The number of ether oxygens (including phenoxy) is 1. The summed E-state index contributed by atoms with van der Waals surface area (Å²) in [6, 6.07) is 6.98. The molecule has 0 heterocycles. The van der Waals surface area contributed by atoms with Crippen LogP contribution in [0.25, 0.3) is 0 Å². The van der Waals surface area contributed by atoms with Crippen molar-refractivity contribution in [1.29, 1.82) is 0 Å². The fourth-order valence-electron chi connectivity index (χ4n) is 2.54. The second-order valence-electron chi connectivity index (χ2n) is 6.67. The van der Waals surface area contributed by atoms with E-state index in [1.807, 2.05) is 13.0 Å². The molecule has 0 aliphatic rings. The molecule has 1 aromatic carbocycles. The minimum atomic E-state index is -3.50. The molecule has 0 aromatic heterocycles. The predicted molar refractivity (Wildman–Crippen MR) is 114 cm³/mol. The van der Waals surface area contributed by atoms with Crippen molar-refractivity contribution < 1.29 is 13.2 Å². The van der Waals surface area contributed by atoms with E-state index in [0.29, 0.717) is 11.5 Å². The van der Waals surface area contributed by atoms with Crippen LogP contribution in [0.3, 0.4) is 0 Å². The van der Waals surface area contributed by atoms with Gasteiger partial charge in [-0.25, -0.2) is 17.7 Å². The zero-order valence-corrected chi connectivity index (χ0v) is 18.6. The number of benzene rings is 1. The van der Waals surface area contributed by atoms with Gasteiger partial charge in [0, 0.05) is 54.0 Å². The van der Waals surface area contributed by atoms with Crippen molar-refractivity contribution in [3.8, 4) is 0 Å². The number of guanidine groups is 1. The van der Waals surface area contributed by atoms with Gasteiger partial charge in [-0.15, -0.1) is 0 Å². The van der Waals surface area contributed by atoms with E-state index in [4.69, 9.17) is 4.74 Å². The van der Waals surface area contributed by atoms with Crippen molar-refractivity contribution in [3.05, 3.63) is 29.8 Å². The van der Waals surface area contributed by atoms with E-state index in [9.17, 15) is 8.42 Å². The van der Waals surface area contributed by atoms with E-state index in [0.717, 1.165) is 39.2 Å². The van der Waals surface area contributed by atoms with Crippen molar-refractivity contribution in [2.75, 3.05) is 61.0 Å². The molecule has 0 atom stereocenters. The maximum atomic E-state index is 12.5. The molecule has 0 radical (unpaired) electrons. The Bertz CT molecular complexity index is 707. The highest BCUT2D eigenvalue weighted by molar-refractivity contribution is 7.89. The lowest BCUT2D eigenvalue weighted by atomic mass is 10.2. The third kappa shape index (κ3) is 8.14. The molecule has 1 rings (SSSR count). The standard InChI is InChI=1S/C19H35N5O3S/c1-6-20-19(21-12-14-24(4)13-9-15-27-5)22-16-17-10-7-8-11-18(17)28(25,26)23(2)3/h7-8,10-11H,6,9,12-16H2,1-5H3,(H2,20,21,22). The maximum absolute atomic E-state index is 12.5. The number of rotatable bonds is 12. The average molecular weight is 414 g/mol. The summed E-state index contributed by atoms with van der Waals surface area (Å²) >= 11 is 0. The van der Waals surface area contributed by atoms with Gasteiger partial charge in [-0.1, -0.05) is 18.2 Å². The molecule has 1 aromatic rings. The van der Waals surface area contributed by atoms with Gasteiger partial charge < -0.3 is 20.3 Å². The van der Waals surface area contributed by atoms with Crippen LogP contribution in [0.15, 0.2) is 34.2 Å². The van der Waals surface area contributed by atoms with Gasteiger partial charge in [0.1, 0.15) is 0 Å². The van der Waals surface area contributed by atoms with Gasteiger partial charge in [0.15, 0.2) is 5.96 Å². The van der Waals surface area contributed by atoms with E-state index in [2.05, 4.69) is 27.6 Å². The van der Waals surface area contributed by atoms with Crippen LogP contribution in [0.4, 0.5) is 0 Å². The van der Waals surface area contributed by atoms with Gasteiger partial charge in [-0.05, 0) is 32.0 Å². The van der Waals surface area contributed by atoms with Crippen molar-refractivity contribution in [2.24, 2.45) is 4.99 Å². The summed E-state index contributed by atoms with van der Waals surface area (Å²) < 4.78 is 31.3. The van der Waals surface area contributed by atoms with Gasteiger partial charge in [0.2, 0.25) is 10.0 Å². The van der Waals surface area contributed by atoms with Crippen molar-refractivity contribution in [2.45, 2.75) is 24.8 Å². The van der Waals surface area contributed by atoms with Crippen LogP contribution in [0.5, 0.6) is 0 Å². The average Bonchev–Trinajstić information content (AvgIpc) is 2.66. The molecule has 0 amide bonds. The molecular formula is C19H35N5O3S. The summed E-state index contributed by atoms with van der Waals surface area (Å²) in [6.45, 7) is 6.36. The lowest BCUT2D eigenvalue weighted by Crippen LogP contribution is -2.41. The lowest BCUT2D eigenvalue weighted by molar-refractivity contribution is 0.180. The molecule has 2 N–H and O–H groups in total. The largest absolute Gasteiger partial charge is 0.385 e. The first-order valence-corrected chi connectivity index (χ1v) is 11.0. The third-order valence-electron chi connectivity index (χ3n) is 4.16. The molecule has 28 heavy (non-hydrogen) atoms. The van der Waals surface area contributed by atoms with Crippen LogP contribution in [-0.2, 0) is 21.3 Å². The smallest absolute Gasteiger partial charge is 0.242 e. The zero-order chi connectivity index (χ0) is 21.0. The Labute approximate surface area is 170 Å². The van der Waals surface area contributed by atoms with Crippen LogP contribution in [0.2, 0.25) is 0 Å². The van der Waals surface area contributed by atoms with Gasteiger partial charge in [0.05, 0.1) is 11.4 Å². The lowest BCUT2D eigenvalue weighted by Gasteiger charge is -2.18. The minimum Gasteiger partial charge on any atom is -0.385 e. The molecule has 0 spiro atoms. The van der Waals surface area contributed by atoms with Crippen LogP contribution < -0.4 is 10.6 Å². The highest BCUT2D eigenvalue weighted by Gasteiger charge is 2.20. The van der Waals surface area contributed by atoms with Crippen molar-refractivity contribution >= 4 is 16.0 Å². The van der Waals surface area contributed by atoms with Gasteiger partial charge in [0.25, 0.3) is 0 Å². The quantitative estimate of drug-likeness (QED) is 0.302. The van der Waals surface area contributed by atoms with Crippen LogP contribution in [0, 0.1) is 0 Å². The molecule has 160 valence electrons. The first-order valence-electron chi connectivity index (χ1n) is 9.53. The topological polar surface area (TPSA) is 86.3 Å². The fourth-order valence-corrected chi connectivity index (χ4v) is 3.65. The Hall–Kier alpha value is -1.68. The number of nitrogens with zero attached hydrogens (tertiary/aromatic N) is 3. The SMILES string of the molecule is CCNC(=NCc1ccccc1S(=O)(=O)N(C)C)NCCN(C)CCCOC. The number of likely N-dealkylation sites (N-methyl/N-ethyl adjacent to an activating group) is 1. The van der Waals surface area contributed by atoms with E-state index < -0.39 is 10.0 Å². The number of nitrogens with one attached hydrogen (secondary N) is 2. The number of aliphatic imine (C=N–C) groups is 1. The highest BCUT2D eigenvalue weighted by atomic mass is 32.2. The number of hydrogen-bond donors (Lipinski definition) is 2. The molecule has 0 fully saturated rings. The molecular weight excluding hydrogens is 378 g/mol. The monoisotopic (exact) mass is 413 g/mol. The van der Waals surface area contributed by atoms with E-state index in [1.54, 1.807) is 25.3 Å². The Balaban J connectivity index is 2.73. The molecule has 0 bridgehead atoms. The summed E-state index contributed by atoms with van der Waals surface area (Å²) in [6.07, 6.45) is 0.998. The highest BCUT2D eigenvalue weighted by Crippen LogP contribution is 2.19. The zero-order valence-electron chi connectivity index (χ0n) is 17.7.